The first-order chi connectivity index (χ1) is 11.4. The summed E-state index contributed by atoms with van der Waals surface area (Å²) in [4.78, 5) is 12.5. The maximum Gasteiger partial charge on any atom is 0.265 e. The van der Waals surface area contributed by atoms with Gasteiger partial charge in [0.25, 0.3) is 10.0 Å². The first-order valence-electron chi connectivity index (χ1n) is 7.60. The fourth-order valence-corrected chi connectivity index (χ4v) is 4.64. The number of rotatable bonds is 4. The van der Waals surface area contributed by atoms with E-state index in [0.717, 1.165) is 5.56 Å². The molecule has 0 aliphatic carbocycles. The van der Waals surface area contributed by atoms with Gasteiger partial charge >= 0.3 is 0 Å². The van der Waals surface area contributed by atoms with Gasteiger partial charge in [-0.15, -0.1) is 0 Å². The molecule has 7 heteroatoms. The molecule has 1 aliphatic rings. The Morgan fingerprint density at radius 1 is 1.21 bits per heavy atom. The van der Waals surface area contributed by atoms with E-state index >= 15 is 0 Å². The molecule has 2 aromatic rings. The number of carbonyl (C=O) groups is 1. The predicted molar refractivity (Wildman–Crippen MR) is 93.7 cm³/mol. The zero-order chi connectivity index (χ0) is 17.3. The van der Waals surface area contributed by atoms with Crippen LogP contribution in [0, 0.1) is 0 Å². The van der Waals surface area contributed by atoms with Gasteiger partial charge in [-0.3, -0.25) is 9.10 Å². The number of amides is 1. The topological polar surface area (TPSA) is 66.5 Å². The molecule has 0 saturated carbocycles. The van der Waals surface area contributed by atoms with E-state index in [9.17, 15) is 13.2 Å². The highest BCUT2D eigenvalue weighted by Crippen LogP contribution is 2.36. The van der Waals surface area contributed by atoms with Gasteiger partial charge in [0.1, 0.15) is 6.04 Å². The number of fused-ring (bicyclic) bond motifs is 1. The van der Waals surface area contributed by atoms with Gasteiger partial charge in [0.05, 0.1) is 10.6 Å². The zero-order valence-corrected chi connectivity index (χ0v) is 14.6. The van der Waals surface area contributed by atoms with Crippen LogP contribution in [-0.2, 0) is 21.2 Å². The molecule has 5 nitrogen and oxygen atoms in total. The van der Waals surface area contributed by atoms with E-state index in [1.54, 1.807) is 19.1 Å². The average Bonchev–Trinajstić information content (AvgIpc) is 2.96. The van der Waals surface area contributed by atoms with Gasteiger partial charge in [-0.2, -0.15) is 0 Å². The Hall–Kier alpha value is -2.05. The predicted octanol–water partition coefficient (Wildman–Crippen LogP) is 2.60. The lowest BCUT2D eigenvalue weighted by molar-refractivity contribution is -0.121. The lowest BCUT2D eigenvalue weighted by atomic mass is 10.1. The van der Waals surface area contributed by atoms with Crippen LogP contribution in [0.4, 0.5) is 5.69 Å². The summed E-state index contributed by atoms with van der Waals surface area (Å²) < 4.78 is 27.5. The molecule has 0 bridgehead atoms. The second-order valence-electron chi connectivity index (χ2n) is 5.50. The van der Waals surface area contributed by atoms with Crippen LogP contribution in [0.2, 0.25) is 5.02 Å². The molecular weight excluding hydrogens is 348 g/mol. The van der Waals surface area contributed by atoms with Crippen molar-refractivity contribution in [2.45, 2.75) is 24.3 Å². The maximum absolute atomic E-state index is 13.1. The normalized spacial score (nSPS) is 16.8. The summed E-state index contributed by atoms with van der Waals surface area (Å²) in [7, 11) is -3.87. The van der Waals surface area contributed by atoms with E-state index in [-0.39, 0.29) is 10.8 Å². The molecule has 0 saturated heterocycles. The fourth-order valence-electron chi connectivity index (χ4n) is 2.87. The van der Waals surface area contributed by atoms with Gasteiger partial charge in [0.2, 0.25) is 5.91 Å². The first-order valence-corrected chi connectivity index (χ1v) is 9.42. The van der Waals surface area contributed by atoms with Gasteiger partial charge in [-0.25, -0.2) is 8.42 Å². The van der Waals surface area contributed by atoms with Gasteiger partial charge in [-0.05, 0) is 42.8 Å². The van der Waals surface area contributed by atoms with Crippen molar-refractivity contribution in [3.63, 3.8) is 0 Å². The number of benzene rings is 2. The number of halogens is 1. The SMILES string of the molecule is CCNC(=O)C1Cc2ccccc2N1S(=O)(=O)c1ccc(Cl)cc1. The minimum atomic E-state index is -3.87. The molecule has 1 unspecified atom stereocenters. The molecule has 24 heavy (non-hydrogen) atoms. The molecule has 3 rings (SSSR count). The van der Waals surface area contributed by atoms with E-state index in [1.165, 1.54) is 28.6 Å². The van der Waals surface area contributed by atoms with Crippen LogP contribution >= 0.6 is 11.6 Å². The van der Waals surface area contributed by atoms with E-state index in [2.05, 4.69) is 5.32 Å². The van der Waals surface area contributed by atoms with E-state index in [4.69, 9.17) is 11.6 Å². The lowest BCUT2D eigenvalue weighted by Crippen LogP contribution is -2.47. The van der Waals surface area contributed by atoms with Gasteiger partial charge in [-0.1, -0.05) is 29.8 Å². The Labute approximate surface area is 146 Å². The highest BCUT2D eigenvalue weighted by Gasteiger charge is 2.41. The molecule has 0 radical (unpaired) electrons. The van der Waals surface area contributed by atoms with Crippen molar-refractivity contribution < 1.29 is 13.2 Å². The quantitative estimate of drug-likeness (QED) is 0.906. The van der Waals surface area contributed by atoms with E-state index < -0.39 is 16.1 Å². The van der Waals surface area contributed by atoms with Crippen molar-refractivity contribution in [1.29, 1.82) is 0 Å². The Bertz CT molecular complexity index is 866. The third kappa shape index (κ3) is 2.87. The summed E-state index contributed by atoms with van der Waals surface area (Å²) in [5, 5.41) is 3.17. The largest absolute Gasteiger partial charge is 0.355 e. The number of nitrogens with one attached hydrogen (secondary N) is 1. The molecule has 126 valence electrons. The summed E-state index contributed by atoms with van der Waals surface area (Å²) in [5.41, 5.74) is 1.38. The summed E-state index contributed by atoms with van der Waals surface area (Å²) in [6.07, 6.45) is 0.356. The van der Waals surface area contributed by atoms with Crippen LogP contribution in [0.3, 0.4) is 0 Å². The molecule has 2 aromatic carbocycles. The van der Waals surface area contributed by atoms with Gasteiger partial charge < -0.3 is 5.32 Å². The molecule has 0 aromatic heterocycles. The molecule has 1 heterocycles. The first kappa shape index (κ1) is 16.8. The maximum atomic E-state index is 13.1. The molecule has 0 fully saturated rings. The monoisotopic (exact) mass is 364 g/mol. The number of likely N-dealkylation sites (N-methyl/N-ethyl adjacent to an activating group) is 1. The van der Waals surface area contributed by atoms with Crippen LogP contribution in [0.5, 0.6) is 0 Å². The number of carbonyl (C=O) groups excluding carboxylic acids is 1. The van der Waals surface area contributed by atoms with Crippen LogP contribution < -0.4 is 9.62 Å². The lowest BCUT2D eigenvalue weighted by Gasteiger charge is -2.26. The Morgan fingerprint density at radius 3 is 2.54 bits per heavy atom. The van der Waals surface area contributed by atoms with Crippen LogP contribution in [0.25, 0.3) is 0 Å². The fraction of sp³-hybridized carbons (Fsp3) is 0.235. The van der Waals surface area contributed by atoms with Crippen LogP contribution in [0.1, 0.15) is 12.5 Å². The summed E-state index contributed by atoms with van der Waals surface area (Å²) in [6, 6.07) is 12.3. The second-order valence-corrected chi connectivity index (χ2v) is 7.75. The minimum Gasteiger partial charge on any atom is -0.355 e. The zero-order valence-electron chi connectivity index (χ0n) is 13.1. The Balaban J connectivity index is 2.09. The standard InChI is InChI=1S/C17H17ClN2O3S/c1-2-19-17(21)16-11-12-5-3-4-6-15(12)20(16)24(22,23)14-9-7-13(18)8-10-14/h3-10,16H,2,11H2,1H3,(H,19,21). The summed E-state index contributed by atoms with van der Waals surface area (Å²) in [6.45, 7) is 2.25. The second kappa shape index (κ2) is 6.45. The molecule has 1 aliphatic heterocycles. The van der Waals surface area contributed by atoms with Crippen molar-refractivity contribution in [1.82, 2.24) is 5.32 Å². The van der Waals surface area contributed by atoms with E-state index in [1.807, 2.05) is 12.1 Å². The minimum absolute atomic E-state index is 0.109. The van der Waals surface area contributed by atoms with Crippen molar-refractivity contribution in [3.8, 4) is 0 Å². The van der Waals surface area contributed by atoms with E-state index in [0.29, 0.717) is 23.7 Å². The van der Waals surface area contributed by atoms with Gasteiger partial charge in [0, 0.05) is 18.0 Å². The van der Waals surface area contributed by atoms with Crippen LogP contribution in [0.15, 0.2) is 53.4 Å². The molecule has 0 spiro atoms. The van der Waals surface area contributed by atoms with Gasteiger partial charge in [0.15, 0.2) is 0 Å². The van der Waals surface area contributed by atoms with Crippen LogP contribution in [-0.4, -0.2) is 26.9 Å². The highest BCUT2D eigenvalue weighted by molar-refractivity contribution is 7.93. The average molecular weight is 365 g/mol. The highest BCUT2D eigenvalue weighted by atomic mass is 35.5. The Morgan fingerprint density at radius 2 is 1.88 bits per heavy atom. The molecule has 1 amide bonds. The number of nitrogens with zero attached hydrogens (tertiary/aromatic N) is 1. The molecule has 1 N–H and O–H groups in total. The molecule has 1 atom stereocenters. The number of hydrogen-bond donors (Lipinski definition) is 1. The van der Waals surface area contributed by atoms with Crippen molar-refractivity contribution in [2.75, 3.05) is 10.8 Å². The number of hydrogen-bond acceptors (Lipinski definition) is 3. The smallest absolute Gasteiger partial charge is 0.265 e. The van der Waals surface area contributed by atoms with Crippen molar-refractivity contribution in [3.05, 3.63) is 59.1 Å². The summed E-state index contributed by atoms with van der Waals surface area (Å²) >= 11 is 5.85. The third-order valence-corrected chi connectivity index (χ3v) is 6.04. The van der Waals surface area contributed by atoms with Crippen molar-refractivity contribution in [2.24, 2.45) is 0 Å². The summed E-state index contributed by atoms with van der Waals surface area (Å²) in [5.74, 6) is -0.300. The Kier molecular flexibility index (Phi) is 4.51. The van der Waals surface area contributed by atoms with Crippen molar-refractivity contribution >= 4 is 33.2 Å². The number of para-hydroxylation sites is 1. The number of sulfonamides is 1. The molecular formula is C17H17ClN2O3S. The number of anilines is 1. The third-order valence-electron chi connectivity index (χ3n) is 3.95.